The number of nitro benzene ring substituents is 1. The minimum absolute atomic E-state index is 0.0419. The van der Waals surface area contributed by atoms with Gasteiger partial charge in [-0.2, -0.15) is 0 Å². The van der Waals surface area contributed by atoms with Crippen molar-refractivity contribution in [2.75, 3.05) is 5.32 Å². The summed E-state index contributed by atoms with van der Waals surface area (Å²) in [6, 6.07) is 13.9. The zero-order valence-corrected chi connectivity index (χ0v) is 17.9. The zero-order chi connectivity index (χ0) is 21.6. The van der Waals surface area contributed by atoms with Crippen LogP contribution in [0.3, 0.4) is 0 Å². The van der Waals surface area contributed by atoms with Crippen LogP contribution in [0.15, 0.2) is 54.7 Å². The molecule has 160 valence electrons. The van der Waals surface area contributed by atoms with E-state index in [4.69, 9.17) is 0 Å². The molecule has 1 saturated carbocycles. The zero-order valence-electron chi connectivity index (χ0n) is 17.0. The summed E-state index contributed by atoms with van der Waals surface area (Å²) in [7, 11) is 0. The predicted octanol–water partition coefficient (Wildman–Crippen LogP) is 6.09. The van der Waals surface area contributed by atoms with Crippen LogP contribution in [0.5, 0.6) is 0 Å². The van der Waals surface area contributed by atoms with Crippen LogP contribution in [-0.4, -0.2) is 15.9 Å². The van der Waals surface area contributed by atoms with Gasteiger partial charge in [0.15, 0.2) is 0 Å². The van der Waals surface area contributed by atoms with Gasteiger partial charge in [0.2, 0.25) is 0 Å². The van der Waals surface area contributed by atoms with E-state index in [9.17, 15) is 14.9 Å². The number of nitrogens with zero attached hydrogens (tertiary/aromatic N) is 2. The number of urea groups is 1. The van der Waals surface area contributed by atoms with Crippen LogP contribution in [0.25, 0.3) is 10.4 Å². The highest BCUT2D eigenvalue weighted by Gasteiger charge is 2.22. The van der Waals surface area contributed by atoms with Crippen LogP contribution in [0, 0.1) is 10.1 Å². The van der Waals surface area contributed by atoms with Gasteiger partial charge < -0.3 is 10.6 Å². The van der Waals surface area contributed by atoms with E-state index >= 15 is 0 Å². The molecule has 3 aromatic rings. The summed E-state index contributed by atoms with van der Waals surface area (Å²) >= 11 is 1.53. The fourth-order valence-corrected chi connectivity index (χ4v) is 4.99. The molecule has 4 rings (SSSR count). The van der Waals surface area contributed by atoms with E-state index in [-0.39, 0.29) is 5.69 Å². The highest BCUT2D eigenvalue weighted by molar-refractivity contribution is 7.15. The fraction of sp³-hybridized carbons (Fsp3) is 0.304. The number of thiazole rings is 1. The summed E-state index contributed by atoms with van der Waals surface area (Å²) in [5, 5.41) is 18.2. The maximum atomic E-state index is 12.2. The molecule has 0 unspecified atom stereocenters. The highest BCUT2D eigenvalue weighted by atomic mass is 32.1. The number of nitrogens with one attached hydrogen (secondary N) is 2. The Labute approximate surface area is 184 Å². The first kappa shape index (κ1) is 21.0. The van der Waals surface area contributed by atoms with Crippen molar-refractivity contribution >= 4 is 28.7 Å². The Morgan fingerprint density at radius 3 is 2.65 bits per heavy atom. The molecule has 31 heavy (non-hydrogen) atoms. The Morgan fingerprint density at radius 2 is 1.90 bits per heavy atom. The molecule has 2 aromatic carbocycles. The summed E-state index contributed by atoms with van der Waals surface area (Å²) in [4.78, 5) is 28.8. The second-order valence-corrected chi connectivity index (χ2v) is 8.74. The number of aromatic nitrogens is 1. The molecule has 0 saturated heterocycles. The topological polar surface area (TPSA) is 97.2 Å². The summed E-state index contributed by atoms with van der Waals surface area (Å²) in [6.45, 7) is 0.373. The molecule has 8 heteroatoms. The molecular formula is C23H24N4O3S. The highest BCUT2D eigenvalue weighted by Crippen LogP contribution is 2.40. The summed E-state index contributed by atoms with van der Waals surface area (Å²) < 4.78 is 0. The maximum absolute atomic E-state index is 12.2. The second-order valence-electron chi connectivity index (χ2n) is 7.68. The number of amides is 2. The molecule has 1 aliphatic rings. The first-order valence-corrected chi connectivity index (χ1v) is 11.2. The van der Waals surface area contributed by atoms with Crippen molar-refractivity contribution < 1.29 is 9.72 Å². The Bertz CT molecular complexity index is 1060. The Hall–Kier alpha value is -3.26. The van der Waals surface area contributed by atoms with E-state index in [0.29, 0.717) is 23.7 Å². The SMILES string of the molecule is O=C(NCc1ccccc1)Nc1ccc(-c2cnc(C3CCCCC3)s2)c([N+](=O)[O-])c1. The summed E-state index contributed by atoms with van der Waals surface area (Å²) in [5.74, 6) is 0.459. The molecule has 0 radical (unpaired) electrons. The van der Waals surface area contributed by atoms with Crippen molar-refractivity contribution in [3.8, 4) is 10.4 Å². The Kier molecular flexibility index (Phi) is 6.57. The molecule has 7 nitrogen and oxygen atoms in total. The molecular weight excluding hydrogens is 412 g/mol. The first-order chi connectivity index (χ1) is 15.1. The van der Waals surface area contributed by atoms with Crippen molar-refractivity contribution in [2.45, 2.75) is 44.6 Å². The lowest BCUT2D eigenvalue weighted by Gasteiger charge is -2.18. The third kappa shape index (κ3) is 5.27. The van der Waals surface area contributed by atoms with Gasteiger partial charge in [0.1, 0.15) is 0 Å². The van der Waals surface area contributed by atoms with Crippen molar-refractivity contribution in [1.82, 2.24) is 10.3 Å². The molecule has 0 atom stereocenters. The van der Waals surface area contributed by atoms with Gasteiger partial charge in [-0.05, 0) is 30.5 Å². The maximum Gasteiger partial charge on any atom is 0.319 e. The van der Waals surface area contributed by atoms with Crippen LogP contribution in [0.4, 0.5) is 16.2 Å². The third-order valence-corrected chi connectivity index (χ3v) is 6.68. The van der Waals surface area contributed by atoms with Gasteiger partial charge in [-0.3, -0.25) is 10.1 Å². The predicted molar refractivity (Wildman–Crippen MR) is 122 cm³/mol. The van der Waals surface area contributed by atoms with Crippen LogP contribution < -0.4 is 10.6 Å². The number of rotatable bonds is 6. The number of benzene rings is 2. The van der Waals surface area contributed by atoms with Crippen LogP contribution in [0.1, 0.15) is 48.6 Å². The molecule has 1 heterocycles. The lowest BCUT2D eigenvalue weighted by atomic mass is 9.90. The number of carbonyl (C=O) groups excluding carboxylic acids is 1. The minimum atomic E-state index is -0.414. The standard InChI is InChI=1S/C23H24N4O3S/c28-23(25-14-16-7-3-1-4-8-16)26-18-11-12-19(20(13-18)27(29)30)21-15-24-22(31-21)17-9-5-2-6-10-17/h1,3-4,7-8,11-13,15,17H,2,5-6,9-10,14H2,(H2,25,26,28). The van der Waals surface area contributed by atoms with Gasteiger partial charge in [0.25, 0.3) is 5.69 Å². The van der Waals surface area contributed by atoms with Crippen LogP contribution in [-0.2, 0) is 6.54 Å². The quantitative estimate of drug-likeness (QED) is 0.361. The average molecular weight is 437 g/mol. The average Bonchev–Trinajstić information content (AvgIpc) is 3.29. The smallest absolute Gasteiger partial charge is 0.319 e. The van der Waals surface area contributed by atoms with Gasteiger partial charge in [-0.15, -0.1) is 11.3 Å². The van der Waals surface area contributed by atoms with Gasteiger partial charge in [0, 0.05) is 30.4 Å². The van der Waals surface area contributed by atoms with E-state index in [0.717, 1.165) is 28.3 Å². The monoisotopic (exact) mass is 436 g/mol. The van der Waals surface area contributed by atoms with Crippen molar-refractivity contribution in [3.05, 3.63) is 75.4 Å². The van der Waals surface area contributed by atoms with Gasteiger partial charge in [-0.1, -0.05) is 49.6 Å². The van der Waals surface area contributed by atoms with Crippen molar-refractivity contribution in [1.29, 1.82) is 0 Å². The summed E-state index contributed by atoms with van der Waals surface area (Å²) in [6.07, 6.45) is 7.70. The molecule has 2 amide bonds. The van der Waals surface area contributed by atoms with E-state index in [2.05, 4.69) is 15.6 Å². The fourth-order valence-electron chi connectivity index (χ4n) is 3.87. The Morgan fingerprint density at radius 1 is 1.13 bits per heavy atom. The normalized spacial score (nSPS) is 14.2. The van der Waals surface area contributed by atoms with Gasteiger partial charge >= 0.3 is 6.03 Å². The molecule has 0 aliphatic heterocycles. The van der Waals surface area contributed by atoms with Gasteiger partial charge in [0.05, 0.1) is 20.4 Å². The van der Waals surface area contributed by atoms with E-state index in [1.165, 1.54) is 36.7 Å². The van der Waals surface area contributed by atoms with E-state index < -0.39 is 11.0 Å². The van der Waals surface area contributed by atoms with Gasteiger partial charge in [-0.25, -0.2) is 9.78 Å². The minimum Gasteiger partial charge on any atom is -0.334 e. The van der Waals surface area contributed by atoms with Crippen LogP contribution in [0.2, 0.25) is 0 Å². The largest absolute Gasteiger partial charge is 0.334 e. The van der Waals surface area contributed by atoms with Crippen molar-refractivity contribution in [3.63, 3.8) is 0 Å². The molecule has 1 fully saturated rings. The second kappa shape index (κ2) is 9.70. The number of hydrogen-bond acceptors (Lipinski definition) is 5. The molecule has 1 aromatic heterocycles. The molecule has 1 aliphatic carbocycles. The van der Waals surface area contributed by atoms with E-state index in [1.54, 1.807) is 18.3 Å². The first-order valence-electron chi connectivity index (χ1n) is 10.4. The van der Waals surface area contributed by atoms with E-state index in [1.807, 2.05) is 30.3 Å². The number of anilines is 1. The molecule has 2 N–H and O–H groups in total. The summed E-state index contributed by atoms with van der Waals surface area (Å²) in [5.41, 5.74) is 1.83. The Balaban J connectivity index is 1.47. The molecule has 0 bridgehead atoms. The number of nitro groups is 1. The lowest BCUT2D eigenvalue weighted by molar-refractivity contribution is -0.384. The van der Waals surface area contributed by atoms with Crippen molar-refractivity contribution in [2.24, 2.45) is 0 Å². The molecule has 0 spiro atoms. The number of carbonyl (C=O) groups is 1. The number of hydrogen-bond donors (Lipinski definition) is 2. The lowest BCUT2D eigenvalue weighted by Crippen LogP contribution is -2.28. The third-order valence-electron chi connectivity index (χ3n) is 5.49. The van der Waals surface area contributed by atoms with Crippen LogP contribution >= 0.6 is 11.3 Å².